The molecule has 3 rings (SSSR count). The molecule has 6 heteroatoms. The normalized spacial score (nSPS) is 14.8. The molecule has 0 amide bonds. The topological polar surface area (TPSA) is 75.6 Å². The number of nitriles is 1. The fraction of sp³-hybridized carbons (Fsp3) is 0.353. The van der Waals surface area contributed by atoms with Crippen molar-refractivity contribution < 1.29 is 0 Å². The van der Waals surface area contributed by atoms with Crippen molar-refractivity contribution >= 4 is 29.2 Å². The van der Waals surface area contributed by atoms with Gasteiger partial charge in [-0.05, 0) is 24.5 Å². The second-order valence-corrected chi connectivity index (χ2v) is 7.29. The highest BCUT2D eigenvalue weighted by molar-refractivity contribution is 7.99. The summed E-state index contributed by atoms with van der Waals surface area (Å²) in [5.74, 6) is 0.255. The molecule has 4 nitrogen and oxygen atoms in total. The first-order valence-electron chi connectivity index (χ1n) is 7.64. The lowest BCUT2D eigenvalue weighted by Gasteiger charge is -2.11. The van der Waals surface area contributed by atoms with Crippen molar-refractivity contribution in [3.05, 3.63) is 46.1 Å². The molecule has 2 aromatic rings. The van der Waals surface area contributed by atoms with Crippen LogP contribution in [0.15, 0.2) is 29.4 Å². The number of thioether (sulfide) groups is 1. The summed E-state index contributed by atoms with van der Waals surface area (Å²) in [5, 5.41) is 11.3. The highest BCUT2D eigenvalue weighted by Gasteiger charge is 2.20. The van der Waals surface area contributed by atoms with Crippen LogP contribution in [0.1, 0.15) is 42.5 Å². The third-order valence-electron chi connectivity index (χ3n) is 3.99. The van der Waals surface area contributed by atoms with Crippen LogP contribution in [0.5, 0.6) is 0 Å². The van der Waals surface area contributed by atoms with Gasteiger partial charge in [0.05, 0.1) is 5.69 Å². The predicted octanol–water partition coefficient (Wildman–Crippen LogP) is 4.21. The van der Waals surface area contributed by atoms with E-state index in [-0.39, 0.29) is 5.82 Å². The van der Waals surface area contributed by atoms with Crippen LogP contribution in [0.3, 0.4) is 0 Å². The van der Waals surface area contributed by atoms with Crippen molar-refractivity contribution in [3.63, 3.8) is 0 Å². The zero-order valence-corrected chi connectivity index (χ0v) is 14.2. The van der Waals surface area contributed by atoms with E-state index < -0.39 is 0 Å². The summed E-state index contributed by atoms with van der Waals surface area (Å²) >= 11 is 7.89. The van der Waals surface area contributed by atoms with Crippen LogP contribution in [0, 0.1) is 11.3 Å². The number of nitrogens with zero attached hydrogens (tertiary/aromatic N) is 3. The van der Waals surface area contributed by atoms with Crippen LogP contribution in [0.25, 0.3) is 0 Å². The minimum atomic E-state index is 0.255. The Morgan fingerprint density at radius 2 is 2.00 bits per heavy atom. The number of benzene rings is 1. The van der Waals surface area contributed by atoms with E-state index >= 15 is 0 Å². The SMILES string of the molecule is N#Cc1c(N)nc(SC2CCCC2)nc1Cc1ccccc1Cl. The van der Waals surface area contributed by atoms with Gasteiger partial charge in [0.1, 0.15) is 17.5 Å². The van der Waals surface area contributed by atoms with Crippen molar-refractivity contribution in [1.29, 1.82) is 5.26 Å². The van der Waals surface area contributed by atoms with Crippen molar-refractivity contribution in [2.45, 2.75) is 42.5 Å². The summed E-state index contributed by atoms with van der Waals surface area (Å²) < 4.78 is 0. The van der Waals surface area contributed by atoms with Gasteiger partial charge in [-0.3, -0.25) is 0 Å². The molecule has 0 unspecified atom stereocenters. The van der Waals surface area contributed by atoms with Crippen molar-refractivity contribution in [2.24, 2.45) is 0 Å². The molecule has 1 aromatic carbocycles. The smallest absolute Gasteiger partial charge is 0.190 e. The quantitative estimate of drug-likeness (QED) is 0.841. The van der Waals surface area contributed by atoms with Crippen LogP contribution >= 0.6 is 23.4 Å². The van der Waals surface area contributed by atoms with Gasteiger partial charge in [-0.15, -0.1) is 0 Å². The molecule has 0 aliphatic heterocycles. The molecule has 1 aromatic heterocycles. The first-order valence-corrected chi connectivity index (χ1v) is 8.89. The van der Waals surface area contributed by atoms with Crippen LogP contribution < -0.4 is 5.73 Å². The molecular formula is C17H17ClN4S. The number of nitrogen functional groups attached to an aromatic ring is 1. The molecule has 0 bridgehead atoms. The summed E-state index contributed by atoms with van der Waals surface area (Å²) in [6.07, 6.45) is 5.38. The molecule has 0 radical (unpaired) electrons. The van der Waals surface area contributed by atoms with Gasteiger partial charge in [0.15, 0.2) is 5.16 Å². The Labute approximate surface area is 145 Å². The van der Waals surface area contributed by atoms with Gasteiger partial charge in [-0.25, -0.2) is 9.97 Å². The molecule has 0 atom stereocenters. The third-order valence-corrected chi connectivity index (χ3v) is 5.56. The fourth-order valence-electron chi connectivity index (χ4n) is 2.78. The molecule has 2 N–H and O–H groups in total. The number of rotatable bonds is 4. The Balaban J connectivity index is 1.92. The molecule has 0 spiro atoms. The summed E-state index contributed by atoms with van der Waals surface area (Å²) in [5.41, 5.74) is 7.90. The van der Waals surface area contributed by atoms with Gasteiger partial charge in [0, 0.05) is 16.7 Å². The average molecular weight is 345 g/mol. The summed E-state index contributed by atoms with van der Waals surface area (Å²) in [6, 6.07) is 9.70. The molecule has 1 aliphatic rings. The second kappa shape index (κ2) is 7.20. The summed E-state index contributed by atoms with van der Waals surface area (Å²) in [7, 11) is 0. The van der Waals surface area contributed by atoms with E-state index in [2.05, 4.69) is 16.0 Å². The van der Waals surface area contributed by atoms with Crippen LogP contribution in [0.4, 0.5) is 5.82 Å². The Morgan fingerprint density at radius 3 is 2.70 bits per heavy atom. The first-order chi connectivity index (χ1) is 11.2. The minimum Gasteiger partial charge on any atom is -0.382 e. The first kappa shape index (κ1) is 16.1. The number of hydrogen-bond donors (Lipinski definition) is 1. The zero-order valence-electron chi connectivity index (χ0n) is 12.6. The van der Waals surface area contributed by atoms with E-state index in [4.69, 9.17) is 17.3 Å². The lowest BCUT2D eigenvalue weighted by atomic mass is 10.1. The van der Waals surface area contributed by atoms with E-state index in [1.165, 1.54) is 25.7 Å². The van der Waals surface area contributed by atoms with Gasteiger partial charge in [-0.1, -0.05) is 54.4 Å². The lowest BCUT2D eigenvalue weighted by molar-refractivity contribution is 0.866. The maximum atomic E-state index is 9.37. The molecule has 1 heterocycles. The molecule has 23 heavy (non-hydrogen) atoms. The Hall–Kier alpha value is -1.77. The van der Waals surface area contributed by atoms with Crippen molar-refractivity contribution in [2.75, 3.05) is 5.73 Å². The number of halogens is 1. The summed E-state index contributed by atoms with van der Waals surface area (Å²) in [6.45, 7) is 0. The predicted molar refractivity (Wildman–Crippen MR) is 93.5 cm³/mol. The van der Waals surface area contributed by atoms with E-state index in [1.54, 1.807) is 11.8 Å². The van der Waals surface area contributed by atoms with Crippen LogP contribution in [-0.4, -0.2) is 15.2 Å². The van der Waals surface area contributed by atoms with Crippen LogP contribution in [-0.2, 0) is 6.42 Å². The molecule has 0 saturated heterocycles. The monoisotopic (exact) mass is 344 g/mol. The van der Waals surface area contributed by atoms with Crippen molar-refractivity contribution in [1.82, 2.24) is 9.97 Å². The van der Waals surface area contributed by atoms with Crippen LogP contribution in [0.2, 0.25) is 5.02 Å². The Bertz CT molecular complexity index is 751. The number of anilines is 1. The second-order valence-electron chi connectivity index (χ2n) is 5.62. The minimum absolute atomic E-state index is 0.255. The van der Waals surface area contributed by atoms with E-state index in [0.29, 0.717) is 33.1 Å². The van der Waals surface area contributed by atoms with Crippen molar-refractivity contribution in [3.8, 4) is 6.07 Å². The molecule has 1 aliphatic carbocycles. The Kier molecular flexibility index (Phi) is 5.04. The van der Waals surface area contributed by atoms with E-state index in [9.17, 15) is 5.26 Å². The zero-order chi connectivity index (χ0) is 16.2. The standard InChI is InChI=1S/C17H17ClN4S/c18-14-8-4-1-5-11(14)9-15-13(10-19)16(20)22-17(21-15)23-12-6-2-3-7-12/h1,4-5,8,12H,2-3,6-7,9H2,(H2,20,21,22). The Morgan fingerprint density at radius 1 is 1.26 bits per heavy atom. The highest BCUT2D eigenvalue weighted by atomic mass is 35.5. The number of aromatic nitrogens is 2. The molecule has 118 valence electrons. The van der Waals surface area contributed by atoms with Gasteiger partial charge >= 0.3 is 0 Å². The maximum absolute atomic E-state index is 9.37. The molecule has 1 fully saturated rings. The van der Waals surface area contributed by atoms with E-state index in [0.717, 1.165) is 5.56 Å². The van der Waals surface area contributed by atoms with Gasteiger partial charge in [0.25, 0.3) is 0 Å². The van der Waals surface area contributed by atoms with E-state index in [1.807, 2.05) is 24.3 Å². The molecule has 1 saturated carbocycles. The maximum Gasteiger partial charge on any atom is 0.190 e. The average Bonchev–Trinajstić information content (AvgIpc) is 3.02. The largest absolute Gasteiger partial charge is 0.382 e. The van der Waals surface area contributed by atoms with Gasteiger partial charge in [0.2, 0.25) is 0 Å². The van der Waals surface area contributed by atoms with Gasteiger partial charge < -0.3 is 5.73 Å². The summed E-state index contributed by atoms with van der Waals surface area (Å²) in [4.78, 5) is 8.90. The van der Waals surface area contributed by atoms with Gasteiger partial charge in [-0.2, -0.15) is 5.26 Å². The third kappa shape index (κ3) is 3.77. The number of hydrogen-bond acceptors (Lipinski definition) is 5. The fourth-order valence-corrected chi connectivity index (χ4v) is 4.17. The molecular weight excluding hydrogens is 328 g/mol. The highest BCUT2D eigenvalue weighted by Crippen LogP contribution is 2.34. The lowest BCUT2D eigenvalue weighted by Crippen LogP contribution is -2.07. The number of nitrogens with two attached hydrogens (primary N) is 1.